The number of sulfonamides is 1. The number of para-hydroxylation sites is 1. The Labute approximate surface area is 203 Å². The van der Waals surface area contributed by atoms with Crippen LogP contribution in [0.1, 0.15) is 41.9 Å². The van der Waals surface area contributed by atoms with Crippen LogP contribution in [0.3, 0.4) is 0 Å². The van der Waals surface area contributed by atoms with Gasteiger partial charge in [0.25, 0.3) is 5.91 Å². The van der Waals surface area contributed by atoms with Crippen molar-refractivity contribution in [1.29, 1.82) is 0 Å². The smallest absolute Gasteiger partial charge is 0.361 e. The van der Waals surface area contributed by atoms with Crippen molar-refractivity contribution < 1.29 is 22.7 Å². The molecule has 0 atom stereocenters. The molecule has 0 radical (unpaired) electrons. The maximum absolute atomic E-state index is 13.0. The summed E-state index contributed by atoms with van der Waals surface area (Å²) in [5.74, 6) is -1.38. The van der Waals surface area contributed by atoms with E-state index in [1.807, 2.05) is 18.2 Å². The minimum Gasteiger partial charge on any atom is -0.451 e. The van der Waals surface area contributed by atoms with E-state index in [2.05, 4.69) is 15.5 Å². The zero-order chi connectivity index (χ0) is 24.8. The van der Waals surface area contributed by atoms with Gasteiger partial charge in [-0.25, -0.2) is 13.2 Å². The van der Waals surface area contributed by atoms with Crippen molar-refractivity contribution in [2.75, 3.05) is 25.0 Å². The van der Waals surface area contributed by atoms with Crippen LogP contribution in [-0.4, -0.2) is 59.3 Å². The zero-order valence-electron chi connectivity index (χ0n) is 19.4. The Bertz CT molecular complexity index is 1300. The normalized spacial score (nSPS) is 14.8. The van der Waals surface area contributed by atoms with Gasteiger partial charge in [-0.15, -0.1) is 5.10 Å². The quantitative estimate of drug-likeness (QED) is 0.498. The third kappa shape index (κ3) is 5.92. The van der Waals surface area contributed by atoms with Gasteiger partial charge in [0.15, 0.2) is 12.3 Å². The number of carbonyl (C=O) groups is 2. The van der Waals surface area contributed by atoms with Crippen LogP contribution in [-0.2, 0) is 19.6 Å². The first kappa shape index (κ1) is 24.6. The van der Waals surface area contributed by atoms with Crippen LogP contribution in [0.4, 0.5) is 5.69 Å². The molecule has 11 heteroatoms. The lowest BCUT2D eigenvalue weighted by Crippen LogP contribution is -2.32. The summed E-state index contributed by atoms with van der Waals surface area (Å²) in [7, 11) is -3.65. The van der Waals surface area contributed by atoms with E-state index in [1.54, 1.807) is 31.2 Å². The van der Waals surface area contributed by atoms with Gasteiger partial charge < -0.3 is 10.1 Å². The third-order valence-electron chi connectivity index (χ3n) is 5.62. The van der Waals surface area contributed by atoms with Crippen molar-refractivity contribution in [3.8, 4) is 5.69 Å². The first-order valence-electron chi connectivity index (χ1n) is 11.4. The van der Waals surface area contributed by atoms with E-state index in [0.29, 0.717) is 30.2 Å². The second-order valence-corrected chi connectivity index (χ2v) is 10.2. The predicted molar refractivity (Wildman–Crippen MR) is 129 cm³/mol. The molecule has 1 fully saturated rings. The lowest BCUT2D eigenvalue weighted by Gasteiger charge is -2.20. The van der Waals surface area contributed by atoms with Gasteiger partial charge in [0.05, 0.1) is 16.3 Å². The summed E-state index contributed by atoms with van der Waals surface area (Å²) in [6.07, 6.45) is 3.70. The standard InChI is InChI=1S/C24H27N5O5S/c1-18-23(27-29(26-18)20-11-5-4-6-12-20)24(31)34-17-22(30)25-19-10-9-13-21(16-19)35(32,33)28-14-7-2-3-8-15-28/h4-6,9-13,16H,2-3,7-8,14-15,17H2,1H3,(H,25,30). The second-order valence-electron chi connectivity index (χ2n) is 8.23. The molecule has 35 heavy (non-hydrogen) atoms. The number of ether oxygens (including phenoxy) is 1. The first-order chi connectivity index (χ1) is 16.8. The molecule has 2 heterocycles. The lowest BCUT2D eigenvalue weighted by atomic mass is 10.2. The molecule has 1 aliphatic heterocycles. The number of amides is 1. The molecule has 1 N–H and O–H groups in total. The number of aromatic nitrogens is 3. The molecule has 0 saturated carbocycles. The fourth-order valence-electron chi connectivity index (χ4n) is 3.81. The minimum absolute atomic E-state index is 0.00666. The van der Waals surface area contributed by atoms with E-state index in [1.165, 1.54) is 21.2 Å². The monoisotopic (exact) mass is 497 g/mol. The largest absolute Gasteiger partial charge is 0.451 e. The van der Waals surface area contributed by atoms with E-state index < -0.39 is 28.5 Å². The van der Waals surface area contributed by atoms with Crippen molar-refractivity contribution in [3.05, 3.63) is 66.0 Å². The molecule has 1 aliphatic rings. The molecule has 4 rings (SSSR count). The third-order valence-corrected chi connectivity index (χ3v) is 7.51. The Balaban J connectivity index is 1.37. The molecule has 1 saturated heterocycles. The molecule has 0 spiro atoms. The highest BCUT2D eigenvalue weighted by atomic mass is 32.2. The van der Waals surface area contributed by atoms with Gasteiger partial charge in [-0.2, -0.15) is 14.2 Å². The molecule has 0 bridgehead atoms. The van der Waals surface area contributed by atoms with Crippen molar-refractivity contribution in [1.82, 2.24) is 19.3 Å². The zero-order valence-corrected chi connectivity index (χ0v) is 20.2. The Morgan fingerprint density at radius 3 is 2.40 bits per heavy atom. The number of rotatable bonds is 7. The summed E-state index contributed by atoms with van der Waals surface area (Å²) in [5.41, 5.74) is 1.36. The van der Waals surface area contributed by atoms with Gasteiger partial charge in [0, 0.05) is 18.8 Å². The van der Waals surface area contributed by atoms with Gasteiger partial charge in [-0.1, -0.05) is 37.1 Å². The second kappa shape index (κ2) is 10.8. The number of hydrogen-bond donors (Lipinski definition) is 1. The van der Waals surface area contributed by atoms with E-state index in [-0.39, 0.29) is 10.6 Å². The van der Waals surface area contributed by atoms with Crippen LogP contribution >= 0.6 is 0 Å². The van der Waals surface area contributed by atoms with Crippen LogP contribution in [0.25, 0.3) is 5.69 Å². The van der Waals surface area contributed by atoms with Gasteiger partial charge >= 0.3 is 5.97 Å². The Morgan fingerprint density at radius 2 is 1.69 bits per heavy atom. The number of aryl methyl sites for hydroxylation is 1. The molecule has 3 aromatic rings. The highest BCUT2D eigenvalue weighted by Gasteiger charge is 2.25. The Kier molecular flexibility index (Phi) is 7.57. The van der Waals surface area contributed by atoms with E-state index in [9.17, 15) is 18.0 Å². The predicted octanol–water partition coefficient (Wildman–Crippen LogP) is 2.94. The average molecular weight is 498 g/mol. The van der Waals surface area contributed by atoms with Crippen LogP contribution in [0.5, 0.6) is 0 Å². The molecular weight excluding hydrogens is 470 g/mol. The van der Waals surface area contributed by atoms with Gasteiger partial charge in [0.2, 0.25) is 10.0 Å². The average Bonchev–Trinajstić information content (AvgIpc) is 3.05. The van der Waals surface area contributed by atoms with Crippen molar-refractivity contribution >= 4 is 27.6 Å². The van der Waals surface area contributed by atoms with Crippen LogP contribution < -0.4 is 5.32 Å². The van der Waals surface area contributed by atoms with Crippen LogP contribution in [0.15, 0.2) is 59.5 Å². The Morgan fingerprint density at radius 1 is 0.971 bits per heavy atom. The molecule has 2 aromatic carbocycles. The summed E-state index contributed by atoms with van der Waals surface area (Å²) in [6.45, 7) is 2.05. The summed E-state index contributed by atoms with van der Waals surface area (Å²) in [4.78, 5) is 26.3. The molecule has 1 aromatic heterocycles. The molecule has 0 unspecified atom stereocenters. The number of esters is 1. The fraction of sp³-hybridized carbons (Fsp3) is 0.333. The summed E-state index contributed by atoms with van der Waals surface area (Å²) in [6, 6.07) is 15.2. The molecule has 0 aliphatic carbocycles. The highest BCUT2D eigenvalue weighted by molar-refractivity contribution is 7.89. The number of hydrogen-bond acceptors (Lipinski definition) is 7. The fourth-order valence-corrected chi connectivity index (χ4v) is 5.37. The van der Waals surface area contributed by atoms with Gasteiger partial charge in [-0.05, 0) is 50.1 Å². The van der Waals surface area contributed by atoms with E-state index in [4.69, 9.17) is 4.74 Å². The maximum Gasteiger partial charge on any atom is 0.361 e. The van der Waals surface area contributed by atoms with Gasteiger partial charge in [0.1, 0.15) is 0 Å². The molecular formula is C24H27N5O5S. The van der Waals surface area contributed by atoms with Crippen molar-refractivity contribution in [2.24, 2.45) is 0 Å². The summed E-state index contributed by atoms with van der Waals surface area (Å²) >= 11 is 0. The SMILES string of the molecule is Cc1nn(-c2ccccc2)nc1C(=O)OCC(=O)Nc1cccc(S(=O)(=O)N2CCCCCC2)c1. The first-order valence-corrected chi connectivity index (χ1v) is 12.9. The summed E-state index contributed by atoms with van der Waals surface area (Å²) < 4.78 is 32.6. The molecule has 184 valence electrons. The number of benzene rings is 2. The van der Waals surface area contributed by atoms with Crippen LogP contribution in [0.2, 0.25) is 0 Å². The number of anilines is 1. The minimum atomic E-state index is -3.65. The number of carbonyl (C=O) groups excluding carboxylic acids is 2. The topological polar surface area (TPSA) is 123 Å². The number of nitrogens with zero attached hydrogens (tertiary/aromatic N) is 4. The maximum atomic E-state index is 13.0. The lowest BCUT2D eigenvalue weighted by molar-refractivity contribution is -0.119. The van der Waals surface area contributed by atoms with Crippen molar-refractivity contribution in [3.63, 3.8) is 0 Å². The number of nitrogens with one attached hydrogen (secondary N) is 1. The summed E-state index contributed by atoms with van der Waals surface area (Å²) in [5, 5.41) is 11.0. The van der Waals surface area contributed by atoms with E-state index in [0.717, 1.165) is 25.7 Å². The molecule has 1 amide bonds. The highest BCUT2D eigenvalue weighted by Crippen LogP contribution is 2.22. The Hall–Kier alpha value is -3.57. The van der Waals surface area contributed by atoms with Crippen molar-refractivity contribution in [2.45, 2.75) is 37.5 Å². The van der Waals surface area contributed by atoms with E-state index >= 15 is 0 Å². The van der Waals surface area contributed by atoms with Crippen LogP contribution in [0, 0.1) is 6.92 Å². The van der Waals surface area contributed by atoms with Gasteiger partial charge in [-0.3, -0.25) is 4.79 Å². The molecule has 10 nitrogen and oxygen atoms in total.